The first kappa shape index (κ1) is 12.7. The molecule has 0 atom stereocenters. The first-order valence-corrected chi connectivity index (χ1v) is 6.51. The molecule has 2 N–H and O–H groups in total. The van der Waals surface area contributed by atoms with Crippen LogP contribution in [-0.2, 0) is 20.0 Å². The Labute approximate surface area is 115 Å². The Balaban J connectivity index is 2.10. The van der Waals surface area contributed by atoms with Crippen molar-refractivity contribution in [2.45, 2.75) is 19.9 Å². The lowest BCUT2D eigenvalue weighted by atomic mass is 10.2. The number of fused-ring (bicyclic) bond motifs is 1. The molecule has 3 rings (SSSR count). The summed E-state index contributed by atoms with van der Waals surface area (Å²) in [6.45, 7) is 2.60. The van der Waals surface area contributed by atoms with Crippen LogP contribution in [0.4, 0.5) is 10.3 Å². The zero-order chi connectivity index (χ0) is 14.3. The van der Waals surface area contributed by atoms with Gasteiger partial charge in [-0.05, 0) is 24.6 Å². The number of rotatable bonds is 3. The Morgan fingerprint density at radius 2 is 2.15 bits per heavy atom. The summed E-state index contributed by atoms with van der Waals surface area (Å²) in [5, 5.41) is 4.40. The third kappa shape index (κ3) is 2.03. The van der Waals surface area contributed by atoms with Crippen LogP contribution in [0.3, 0.4) is 0 Å². The van der Waals surface area contributed by atoms with Crippen molar-refractivity contribution in [1.82, 2.24) is 19.3 Å². The molecule has 0 aliphatic rings. The lowest BCUT2D eigenvalue weighted by Gasteiger charge is -2.06. The van der Waals surface area contributed by atoms with Crippen molar-refractivity contribution in [1.29, 1.82) is 0 Å². The molecule has 0 radical (unpaired) electrons. The highest BCUT2D eigenvalue weighted by molar-refractivity contribution is 5.78. The van der Waals surface area contributed by atoms with Gasteiger partial charge in [0.25, 0.3) is 0 Å². The molecule has 0 amide bonds. The van der Waals surface area contributed by atoms with Crippen molar-refractivity contribution >= 4 is 17.0 Å². The van der Waals surface area contributed by atoms with E-state index < -0.39 is 0 Å². The van der Waals surface area contributed by atoms with E-state index in [2.05, 4.69) is 17.0 Å². The monoisotopic (exact) mass is 273 g/mol. The van der Waals surface area contributed by atoms with Crippen LogP contribution >= 0.6 is 0 Å². The van der Waals surface area contributed by atoms with Gasteiger partial charge in [-0.15, -0.1) is 0 Å². The second-order valence-corrected chi connectivity index (χ2v) is 4.82. The highest BCUT2D eigenvalue weighted by atomic mass is 19.1. The fourth-order valence-corrected chi connectivity index (χ4v) is 2.46. The van der Waals surface area contributed by atoms with E-state index in [0.29, 0.717) is 23.5 Å². The molecule has 0 unspecified atom stereocenters. The number of nitrogen functional groups attached to an aromatic ring is 1. The number of imidazole rings is 1. The molecule has 0 aliphatic carbocycles. The van der Waals surface area contributed by atoms with E-state index >= 15 is 0 Å². The Morgan fingerprint density at radius 1 is 1.35 bits per heavy atom. The molecule has 0 saturated heterocycles. The van der Waals surface area contributed by atoms with Gasteiger partial charge >= 0.3 is 0 Å². The summed E-state index contributed by atoms with van der Waals surface area (Å²) in [6, 6.07) is 4.49. The molecule has 0 spiro atoms. The number of aromatic nitrogens is 4. The summed E-state index contributed by atoms with van der Waals surface area (Å²) in [5.74, 6) is 0.0945. The average Bonchev–Trinajstić information content (AvgIpc) is 2.91. The van der Waals surface area contributed by atoms with Gasteiger partial charge in [0.1, 0.15) is 5.82 Å². The van der Waals surface area contributed by atoms with Crippen LogP contribution in [-0.4, -0.2) is 19.3 Å². The van der Waals surface area contributed by atoms with E-state index in [9.17, 15) is 4.39 Å². The highest BCUT2D eigenvalue weighted by Crippen LogP contribution is 2.21. The topological polar surface area (TPSA) is 61.7 Å². The van der Waals surface area contributed by atoms with Gasteiger partial charge in [0.2, 0.25) is 5.95 Å². The fraction of sp³-hybridized carbons (Fsp3) is 0.286. The number of nitrogens with two attached hydrogens (primary N) is 1. The molecule has 104 valence electrons. The molecular weight excluding hydrogens is 257 g/mol. The van der Waals surface area contributed by atoms with Crippen molar-refractivity contribution in [3.63, 3.8) is 0 Å². The zero-order valence-electron chi connectivity index (χ0n) is 11.5. The van der Waals surface area contributed by atoms with Crippen molar-refractivity contribution in [3.05, 3.63) is 41.5 Å². The minimum absolute atomic E-state index is 0.291. The van der Waals surface area contributed by atoms with Crippen LogP contribution < -0.4 is 5.73 Å². The lowest BCUT2D eigenvalue weighted by molar-refractivity contribution is 0.628. The lowest BCUT2D eigenvalue weighted by Crippen LogP contribution is -2.05. The molecule has 1 aromatic carbocycles. The predicted molar refractivity (Wildman–Crippen MR) is 75.8 cm³/mol. The van der Waals surface area contributed by atoms with Crippen LogP contribution in [0.1, 0.15) is 18.2 Å². The van der Waals surface area contributed by atoms with Crippen molar-refractivity contribution in [3.8, 4) is 0 Å². The van der Waals surface area contributed by atoms with Gasteiger partial charge < -0.3 is 10.3 Å². The molecule has 0 aliphatic heterocycles. The molecule has 3 aromatic rings. The normalized spacial score (nSPS) is 11.3. The predicted octanol–water partition coefficient (Wildman–Crippen LogP) is 2.10. The first-order chi connectivity index (χ1) is 9.58. The van der Waals surface area contributed by atoms with E-state index in [1.807, 2.05) is 17.8 Å². The van der Waals surface area contributed by atoms with Crippen LogP contribution in [0.5, 0.6) is 0 Å². The number of hydrogen-bond acceptors (Lipinski definition) is 3. The number of anilines is 1. The molecule has 0 bridgehead atoms. The SMILES string of the molecule is CCc1nn(C)cc1Cn1c(N)nc2ccc(F)cc21. The quantitative estimate of drug-likeness (QED) is 0.795. The second kappa shape index (κ2) is 4.63. The van der Waals surface area contributed by atoms with Crippen molar-refractivity contribution in [2.75, 3.05) is 5.73 Å². The standard InChI is InChI=1S/C14H16FN5/c1-3-11-9(7-19(2)18-11)8-20-13-6-10(15)4-5-12(13)17-14(20)16/h4-7H,3,8H2,1-2H3,(H2,16,17). The fourth-order valence-electron chi connectivity index (χ4n) is 2.46. The number of halogens is 1. The van der Waals surface area contributed by atoms with Crippen LogP contribution in [0.25, 0.3) is 11.0 Å². The number of aryl methyl sites for hydroxylation is 2. The largest absolute Gasteiger partial charge is 0.369 e. The van der Waals surface area contributed by atoms with Crippen LogP contribution in [0.15, 0.2) is 24.4 Å². The van der Waals surface area contributed by atoms with Gasteiger partial charge in [-0.25, -0.2) is 9.37 Å². The maximum Gasteiger partial charge on any atom is 0.201 e. The third-order valence-electron chi connectivity index (χ3n) is 3.39. The molecular formula is C14H16FN5. The molecule has 0 fully saturated rings. The van der Waals surface area contributed by atoms with Gasteiger partial charge in [0.05, 0.1) is 23.3 Å². The van der Waals surface area contributed by atoms with E-state index in [-0.39, 0.29) is 5.82 Å². The minimum Gasteiger partial charge on any atom is -0.369 e. The van der Waals surface area contributed by atoms with E-state index in [1.165, 1.54) is 12.1 Å². The van der Waals surface area contributed by atoms with Gasteiger partial charge in [-0.1, -0.05) is 6.92 Å². The third-order valence-corrected chi connectivity index (χ3v) is 3.39. The summed E-state index contributed by atoms with van der Waals surface area (Å²) in [5.41, 5.74) is 9.45. The zero-order valence-corrected chi connectivity index (χ0v) is 11.5. The van der Waals surface area contributed by atoms with Gasteiger partial charge in [0.15, 0.2) is 0 Å². The maximum absolute atomic E-state index is 13.4. The van der Waals surface area contributed by atoms with Gasteiger partial charge in [-0.3, -0.25) is 4.68 Å². The Hall–Kier alpha value is -2.37. The molecule has 2 aromatic heterocycles. The van der Waals surface area contributed by atoms with E-state index in [1.54, 1.807) is 10.7 Å². The Kier molecular flexibility index (Phi) is 2.93. The minimum atomic E-state index is -0.291. The summed E-state index contributed by atoms with van der Waals surface area (Å²) in [4.78, 5) is 4.26. The smallest absolute Gasteiger partial charge is 0.201 e. The van der Waals surface area contributed by atoms with E-state index in [4.69, 9.17) is 5.73 Å². The van der Waals surface area contributed by atoms with Gasteiger partial charge in [0, 0.05) is 18.8 Å². The molecule has 5 nitrogen and oxygen atoms in total. The van der Waals surface area contributed by atoms with Gasteiger partial charge in [-0.2, -0.15) is 5.10 Å². The van der Waals surface area contributed by atoms with E-state index in [0.717, 1.165) is 17.7 Å². The number of benzene rings is 1. The molecule has 20 heavy (non-hydrogen) atoms. The number of nitrogens with zero attached hydrogens (tertiary/aromatic N) is 4. The van der Waals surface area contributed by atoms with Crippen LogP contribution in [0, 0.1) is 5.82 Å². The second-order valence-electron chi connectivity index (χ2n) is 4.82. The summed E-state index contributed by atoms with van der Waals surface area (Å²) in [7, 11) is 1.89. The van der Waals surface area contributed by atoms with Crippen LogP contribution in [0.2, 0.25) is 0 Å². The molecule has 6 heteroatoms. The molecule has 0 saturated carbocycles. The maximum atomic E-state index is 13.4. The average molecular weight is 273 g/mol. The Bertz CT molecular complexity index is 771. The summed E-state index contributed by atoms with van der Waals surface area (Å²) in [6.07, 6.45) is 2.81. The summed E-state index contributed by atoms with van der Waals surface area (Å²) < 4.78 is 17.0. The van der Waals surface area contributed by atoms with Crippen molar-refractivity contribution < 1.29 is 4.39 Å². The first-order valence-electron chi connectivity index (χ1n) is 6.51. The van der Waals surface area contributed by atoms with Crippen molar-refractivity contribution in [2.24, 2.45) is 7.05 Å². The highest BCUT2D eigenvalue weighted by Gasteiger charge is 2.13. The summed E-state index contributed by atoms with van der Waals surface area (Å²) >= 11 is 0. The Morgan fingerprint density at radius 3 is 2.90 bits per heavy atom. The molecule has 2 heterocycles. The number of hydrogen-bond donors (Lipinski definition) is 1.